The van der Waals surface area contributed by atoms with Crippen LogP contribution in [0.25, 0.3) is 0 Å². The lowest BCUT2D eigenvalue weighted by Gasteiger charge is -1.83. The fourth-order valence-electron chi connectivity index (χ4n) is 0.879. The first kappa shape index (κ1) is 5.48. The lowest BCUT2D eigenvalue weighted by atomic mass is 10.3. The predicted octanol–water partition coefficient (Wildman–Crippen LogP) is 0.810. The van der Waals surface area contributed by atoms with Gasteiger partial charge in [0.25, 0.3) is 0 Å². The van der Waals surface area contributed by atoms with Gasteiger partial charge in [0.1, 0.15) is 5.78 Å². The van der Waals surface area contributed by atoms with Crippen LogP contribution in [-0.2, 0) is 4.79 Å². The third kappa shape index (κ3) is 0.941. The van der Waals surface area contributed by atoms with Gasteiger partial charge in [-0.2, -0.15) is 0 Å². The smallest absolute Gasteiger partial charge is 0.138 e. The number of hydrogen-bond donors (Lipinski definition) is 0. The van der Waals surface area contributed by atoms with Crippen LogP contribution in [0.1, 0.15) is 19.3 Å². The van der Waals surface area contributed by atoms with Gasteiger partial charge in [-0.3, -0.25) is 9.79 Å². The Morgan fingerprint density at radius 1 is 1.50 bits per heavy atom. The van der Waals surface area contributed by atoms with E-state index in [1.807, 2.05) is 0 Å². The fraction of sp³-hybridized carbons (Fsp3) is 0.667. The van der Waals surface area contributed by atoms with E-state index in [1.165, 1.54) is 0 Å². The summed E-state index contributed by atoms with van der Waals surface area (Å²) in [5.74, 6) is 0.339. The number of hydrogen-bond acceptors (Lipinski definition) is 2. The van der Waals surface area contributed by atoms with Crippen LogP contribution in [0.2, 0.25) is 0 Å². The Balaban J connectivity index is 2.56. The molecule has 0 heterocycles. The molecule has 0 amide bonds. The Labute approximate surface area is 48.6 Å². The summed E-state index contributed by atoms with van der Waals surface area (Å²) < 4.78 is 0. The van der Waals surface area contributed by atoms with Crippen molar-refractivity contribution in [2.75, 3.05) is 7.05 Å². The van der Waals surface area contributed by atoms with Crippen LogP contribution < -0.4 is 0 Å². The second-order valence-corrected chi connectivity index (χ2v) is 2.01. The van der Waals surface area contributed by atoms with Crippen LogP contribution in [-0.4, -0.2) is 18.5 Å². The molecule has 2 nitrogen and oxygen atoms in total. The van der Waals surface area contributed by atoms with E-state index in [0.717, 1.165) is 12.1 Å². The van der Waals surface area contributed by atoms with Crippen molar-refractivity contribution in [1.29, 1.82) is 0 Å². The molecule has 0 aromatic heterocycles. The zero-order chi connectivity index (χ0) is 5.98. The molecule has 2 heteroatoms. The Morgan fingerprint density at radius 3 is 2.50 bits per heavy atom. The first-order valence-corrected chi connectivity index (χ1v) is 2.79. The second kappa shape index (κ2) is 2.07. The van der Waals surface area contributed by atoms with Gasteiger partial charge < -0.3 is 0 Å². The molecule has 0 unspecified atom stereocenters. The van der Waals surface area contributed by atoms with Gasteiger partial charge in [-0.05, 0) is 6.42 Å². The molecule has 0 N–H and O–H groups in total. The second-order valence-electron chi connectivity index (χ2n) is 2.01. The van der Waals surface area contributed by atoms with E-state index < -0.39 is 0 Å². The van der Waals surface area contributed by atoms with Gasteiger partial charge in [-0.25, -0.2) is 0 Å². The molecule has 0 aromatic rings. The summed E-state index contributed by atoms with van der Waals surface area (Å²) in [6.45, 7) is 0. The molecule has 0 saturated heterocycles. The highest BCUT2D eigenvalue weighted by Gasteiger charge is 2.14. The van der Waals surface area contributed by atoms with Crippen molar-refractivity contribution < 1.29 is 4.79 Å². The maximum absolute atomic E-state index is 10.5. The quantitative estimate of drug-likeness (QED) is 0.455. The van der Waals surface area contributed by atoms with Gasteiger partial charge in [-0.15, -0.1) is 0 Å². The standard InChI is InChI=1S/C6H9NO/c1-7-5-2-3-6(8)4-5/h2-4H2,1H3. The van der Waals surface area contributed by atoms with Crippen molar-refractivity contribution in [3.63, 3.8) is 0 Å². The molecule has 0 radical (unpaired) electrons. The highest BCUT2D eigenvalue weighted by atomic mass is 16.1. The molecule has 1 aliphatic carbocycles. The van der Waals surface area contributed by atoms with Crippen molar-refractivity contribution >= 4 is 11.5 Å². The summed E-state index contributed by atoms with van der Waals surface area (Å²) in [7, 11) is 1.74. The SMILES string of the molecule is CN=C1CCC(=O)C1. The highest BCUT2D eigenvalue weighted by molar-refractivity contribution is 6.08. The van der Waals surface area contributed by atoms with Crippen LogP contribution in [0.5, 0.6) is 0 Å². The summed E-state index contributed by atoms with van der Waals surface area (Å²) in [4.78, 5) is 14.5. The highest BCUT2D eigenvalue weighted by Crippen LogP contribution is 2.09. The number of carbonyl (C=O) groups excluding carboxylic acids is 1. The van der Waals surface area contributed by atoms with Gasteiger partial charge in [0, 0.05) is 25.6 Å². The summed E-state index contributed by atoms with van der Waals surface area (Å²) in [6.07, 6.45) is 2.22. The topological polar surface area (TPSA) is 29.4 Å². The Bertz CT molecular complexity index is 137. The van der Waals surface area contributed by atoms with Gasteiger partial charge in [0.15, 0.2) is 0 Å². The summed E-state index contributed by atoms with van der Waals surface area (Å²) in [6, 6.07) is 0. The molecule has 1 rings (SSSR count). The van der Waals surface area contributed by atoms with Gasteiger partial charge in [0.05, 0.1) is 0 Å². The number of carbonyl (C=O) groups is 1. The number of rotatable bonds is 0. The minimum absolute atomic E-state index is 0.339. The van der Waals surface area contributed by atoms with Crippen LogP contribution in [0.3, 0.4) is 0 Å². The lowest BCUT2D eigenvalue weighted by Crippen LogP contribution is -1.90. The zero-order valence-corrected chi connectivity index (χ0v) is 4.98. The van der Waals surface area contributed by atoms with E-state index in [-0.39, 0.29) is 0 Å². The number of Topliss-reactive ketones (excluding diaryl/α,β-unsaturated/α-hetero) is 1. The van der Waals surface area contributed by atoms with E-state index >= 15 is 0 Å². The molecule has 0 aromatic carbocycles. The van der Waals surface area contributed by atoms with E-state index in [1.54, 1.807) is 7.05 Å². The molecule has 44 valence electrons. The Morgan fingerprint density at radius 2 is 2.25 bits per heavy atom. The average molecular weight is 111 g/mol. The van der Waals surface area contributed by atoms with Crippen molar-refractivity contribution in [2.45, 2.75) is 19.3 Å². The Hall–Kier alpha value is -0.660. The van der Waals surface area contributed by atoms with Crippen LogP contribution in [0.4, 0.5) is 0 Å². The predicted molar refractivity (Wildman–Crippen MR) is 32.2 cm³/mol. The molecule has 0 atom stereocenters. The van der Waals surface area contributed by atoms with Crippen molar-refractivity contribution in [3.05, 3.63) is 0 Å². The van der Waals surface area contributed by atoms with E-state index in [2.05, 4.69) is 4.99 Å². The molecule has 8 heavy (non-hydrogen) atoms. The molecule has 1 saturated carbocycles. The minimum Gasteiger partial charge on any atom is -0.299 e. The van der Waals surface area contributed by atoms with E-state index in [4.69, 9.17) is 0 Å². The number of aliphatic imine (C=N–C) groups is 1. The maximum atomic E-state index is 10.5. The largest absolute Gasteiger partial charge is 0.299 e. The van der Waals surface area contributed by atoms with Gasteiger partial charge in [0.2, 0.25) is 0 Å². The summed E-state index contributed by atoms with van der Waals surface area (Å²) >= 11 is 0. The zero-order valence-electron chi connectivity index (χ0n) is 4.98. The molecule has 1 aliphatic rings. The van der Waals surface area contributed by atoms with Crippen molar-refractivity contribution in [2.24, 2.45) is 4.99 Å². The van der Waals surface area contributed by atoms with E-state index in [9.17, 15) is 4.79 Å². The van der Waals surface area contributed by atoms with Gasteiger partial charge in [-0.1, -0.05) is 0 Å². The lowest BCUT2D eigenvalue weighted by molar-refractivity contribution is -0.116. The molecular formula is C6H9NO. The van der Waals surface area contributed by atoms with Gasteiger partial charge >= 0.3 is 0 Å². The first-order valence-electron chi connectivity index (χ1n) is 2.79. The number of ketones is 1. The minimum atomic E-state index is 0.339. The molecule has 1 fully saturated rings. The molecule has 0 spiro atoms. The third-order valence-electron chi connectivity index (χ3n) is 1.41. The molecule has 0 aliphatic heterocycles. The van der Waals surface area contributed by atoms with Crippen LogP contribution in [0, 0.1) is 0 Å². The van der Waals surface area contributed by atoms with Crippen molar-refractivity contribution in [1.82, 2.24) is 0 Å². The van der Waals surface area contributed by atoms with Crippen molar-refractivity contribution in [3.8, 4) is 0 Å². The Kier molecular flexibility index (Phi) is 1.42. The van der Waals surface area contributed by atoms with Crippen LogP contribution >= 0.6 is 0 Å². The molecule has 0 bridgehead atoms. The monoisotopic (exact) mass is 111 g/mol. The molecular weight excluding hydrogens is 102 g/mol. The maximum Gasteiger partial charge on any atom is 0.138 e. The third-order valence-corrected chi connectivity index (χ3v) is 1.41. The average Bonchev–Trinajstić information content (AvgIpc) is 2.14. The summed E-state index contributed by atoms with van der Waals surface area (Å²) in [5.41, 5.74) is 1.06. The van der Waals surface area contributed by atoms with Crippen LogP contribution in [0.15, 0.2) is 4.99 Å². The fourth-order valence-corrected chi connectivity index (χ4v) is 0.879. The first-order chi connectivity index (χ1) is 3.83. The summed E-state index contributed by atoms with van der Waals surface area (Å²) in [5, 5.41) is 0. The number of nitrogens with zero attached hydrogens (tertiary/aromatic N) is 1. The normalized spacial score (nSPS) is 25.1. The van der Waals surface area contributed by atoms with E-state index in [0.29, 0.717) is 18.6 Å².